The molecule has 0 saturated heterocycles. The highest BCUT2D eigenvalue weighted by atomic mass is 32.2. The Hall–Kier alpha value is -2.50. The number of ether oxygens (including phenoxy) is 1. The van der Waals surface area contributed by atoms with Crippen molar-refractivity contribution >= 4 is 27.6 Å². The van der Waals surface area contributed by atoms with Crippen molar-refractivity contribution in [3.63, 3.8) is 0 Å². The Balaban J connectivity index is 2.21. The number of carbonyl (C=O) groups is 2. The van der Waals surface area contributed by atoms with Crippen LogP contribution >= 0.6 is 0 Å². The molecule has 0 saturated carbocycles. The number of nitrogens with zero attached hydrogens (tertiary/aromatic N) is 1. The van der Waals surface area contributed by atoms with Gasteiger partial charge in [-0.1, -0.05) is 22.9 Å². The summed E-state index contributed by atoms with van der Waals surface area (Å²) in [5, 5.41) is 6.32. The zero-order chi connectivity index (χ0) is 25.0. The zero-order valence-electron chi connectivity index (χ0n) is 20.0. The predicted octanol–water partition coefficient (Wildman–Crippen LogP) is 1.21. The standard InChI is InChI=1S/C22H34N4O6S/c1-13-9-14(2)19(15(3)10-13)33(29,30)26-18(21(28)31-22(4,5)6)12-24-20(27)17-11-16(7-8-23)32-25-17/h9-10,16,18,26H,7-8,11-12,23H2,1-6H3,(H,24,27)/t16?,18-/m0/s1. The average molecular weight is 483 g/mol. The maximum Gasteiger partial charge on any atom is 0.326 e. The van der Waals surface area contributed by atoms with E-state index in [1.54, 1.807) is 46.8 Å². The van der Waals surface area contributed by atoms with Crippen molar-refractivity contribution in [3.05, 3.63) is 28.8 Å². The molecule has 2 rings (SSSR count). The van der Waals surface area contributed by atoms with Gasteiger partial charge >= 0.3 is 5.97 Å². The Bertz CT molecular complexity index is 1010. The summed E-state index contributed by atoms with van der Waals surface area (Å²) in [5.74, 6) is -1.36. The second-order valence-corrected chi connectivity index (χ2v) is 10.8. The summed E-state index contributed by atoms with van der Waals surface area (Å²) >= 11 is 0. The third-order valence-corrected chi connectivity index (χ3v) is 6.59. The highest BCUT2D eigenvalue weighted by molar-refractivity contribution is 7.89. The van der Waals surface area contributed by atoms with Crippen LogP contribution in [0.25, 0.3) is 0 Å². The van der Waals surface area contributed by atoms with Gasteiger partial charge in [0.25, 0.3) is 5.91 Å². The lowest BCUT2D eigenvalue weighted by atomic mass is 10.1. The third kappa shape index (κ3) is 7.51. The van der Waals surface area contributed by atoms with Crippen LogP contribution in [0.2, 0.25) is 0 Å². The van der Waals surface area contributed by atoms with Gasteiger partial charge in [0.1, 0.15) is 23.5 Å². The van der Waals surface area contributed by atoms with Gasteiger partial charge in [-0.2, -0.15) is 4.72 Å². The number of carbonyl (C=O) groups excluding carboxylic acids is 2. The van der Waals surface area contributed by atoms with Gasteiger partial charge in [0, 0.05) is 13.0 Å². The summed E-state index contributed by atoms with van der Waals surface area (Å²) in [6.07, 6.45) is 0.562. The summed E-state index contributed by atoms with van der Waals surface area (Å²) in [7, 11) is -4.09. The molecule has 1 aromatic rings. The van der Waals surface area contributed by atoms with Crippen LogP contribution < -0.4 is 15.8 Å². The number of hydrogen-bond acceptors (Lipinski definition) is 8. The molecule has 0 spiro atoms. The monoisotopic (exact) mass is 482 g/mol. The average Bonchev–Trinajstić information content (AvgIpc) is 3.11. The molecule has 0 fully saturated rings. The number of nitrogens with one attached hydrogen (secondary N) is 2. The number of hydrogen-bond donors (Lipinski definition) is 3. The van der Waals surface area contributed by atoms with E-state index in [0.717, 1.165) is 5.56 Å². The van der Waals surface area contributed by atoms with Gasteiger partial charge in [-0.15, -0.1) is 0 Å². The second kappa shape index (κ2) is 10.6. The van der Waals surface area contributed by atoms with Crippen LogP contribution in [-0.2, 0) is 29.2 Å². The molecular formula is C22H34N4O6S. The Kier molecular flexibility index (Phi) is 8.61. The molecule has 1 aliphatic heterocycles. The van der Waals surface area contributed by atoms with E-state index >= 15 is 0 Å². The second-order valence-electron chi connectivity index (χ2n) is 9.19. The van der Waals surface area contributed by atoms with E-state index in [1.165, 1.54) is 0 Å². The summed E-state index contributed by atoms with van der Waals surface area (Å²) in [5.41, 5.74) is 6.84. The number of rotatable bonds is 9. The van der Waals surface area contributed by atoms with E-state index in [2.05, 4.69) is 15.2 Å². The van der Waals surface area contributed by atoms with Crippen LogP contribution in [-0.4, -0.2) is 56.8 Å². The fourth-order valence-electron chi connectivity index (χ4n) is 3.58. The van der Waals surface area contributed by atoms with Crippen molar-refractivity contribution in [1.29, 1.82) is 0 Å². The molecule has 1 aromatic carbocycles. The first kappa shape index (κ1) is 26.7. The summed E-state index contributed by atoms with van der Waals surface area (Å²) in [6.45, 7) is 10.3. The third-order valence-electron chi connectivity index (χ3n) is 4.81. The number of sulfonamides is 1. The smallest absolute Gasteiger partial charge is 0.326 e. The molecule has 0 radical (unpaired) electrons. The van der Waals surface area contributed by atoms with Crippen molar-refractivity contribution in [3.8, 4) is 0 Å². The van der Waals surface area contributed by atoms with Crippen LogP contribution in [0.1, 0.15) is 50.3 Å². The zero-order valence-corrected chi connectivity index (χ0v) is 20.8. The number of oxime groups is 1. The predicted molar refractivity (Wildman–Crippen MR) is 124 cm³/mol. The molecule has 4 N–H and O–H groups in total. The maximum atomic E-state index is 13.2. The molecule has 1 amide bonds. The number of benzene rings is 1. The fraction of sp³-hybridized carbons (Fsp3) is 0.591. The van der Waals surface area contributed by atoms with Crippen LogP contribution in [0.4, 0.5) is 0 Å². The van der Waals surface area contributed by atoms with Crippen molar-refractivity contribution in [2.45, 2.75) is 77.0 Å². The first-order chi connectivity index (χ1) is 15.2. The van der Waals surface area contributed by atoms with E-state index in [-0.39, 0.29) is 29.7 Å². The number of aryl methyl sites for hydroxylation is 3. The number of amides is 1. The molecule has 2 atom stereocenters. The minimum absolute atomic E-state index is 0.0891. The van der Waals surface area contributed by atoms with Gasteiger partial charge in [0.05, 0.1) is 4.90 Å². The molecule has 1 heterocycles. The van der Waals surface area contributed by atoms with Gasteiger partial charge in [0.2, 0.25) is 10.0 Å². The molecule has 10 nitrogen and oxygen atoms in total. The largest absolute Gasteiger partial charge is 0.459 e. The van der Waals surface area contributed by atoms with Crippen molar-refractivity contribution in [2.24, 2.45) is 10.9 Å². The topological polar surface area (TPSA) is 149 Å². The number of nitrogens with two attached hydrogens (primary N) is 1. The minimum Gasteiger partial charge on any atom is -0.459 e. The van der Waals surface area contributed by atoms with Crippen molar-refractivity contribution < 1.29 is 27.6 Å². The molecule has 1 unspecified atom stereocenters. The molecule has 0 bridgehead atoms. The summed E-state index contributed by atoms with van der Waals surface area (Å²) in [6, 6.07) is 2.16. The van der Waals surface area contributed by atoms with Crippen LogP contribution in [0.3, 0.4) is 0 Å². The summed E-state index contributed by atoms with van der Waals surface area (Å²) < 4.78 is 34.2. The van der Waals surface area contributed by atoms with Gasteiger partial charge in [0.15, 0.2) is 0 Å². The summed E-state index contributed by atoms with van der Waals surface area (Å²) in [4.78, 5) is 30.6. The Morgan fingerprint density at radius 3 is 2.39 bits per heavy atom. The molecular weight excluding hydrogens is 448 g/mol. The van der Waals surface area contributed by atoms with E-state index in [0.29, 0.717) is 24.1 Å². The Labute approximate surface area is 195 Å². The minimum atomic E-state index is -4.09. The van der Waals surface area contributed by atoms with E-state index in [1.807, 2.05) is 6.92 Å². The van der Waals surface area contributed by atoms with Crippen molar-refractivity contribution in [2.75, 3.05) is 13.1 Å². The Morgan fingerprint density at radius 2 is 1.85 bits per heavy atom. The van der Waals surface area contributed by atoms with E-state index in [4.69, 9.17) is 15.3 Å². The molecule has 1 aliphatic rings. The van der Waals surface area contributed by atoms with Crippen molar-refractivity contribution in [1.82, 2.24) is 10.0 Å². The quantitative estimate of drug-likeness (QED) is 0.448. The van der Waals surface area contributed by atoms with Gasteiger partial charge in [-0.3, -0.25) is 9.59 Å². The Morgan fingerprint density at radius 1 is 1.24 bits per heavy atom. The lowest BCUT2D eigenvalue weighted by Crippen LogP contribution is -2.51. The fourth-order valence-corrected chi connectivity index (χ4v) is 5.22. The highest BCUT2D eigenvalue weighted by Gasteiger charge is 2.33. The van der Waals surface area contributed by atoms with Crippen LogP contribution in [0, 0.1) is 20.8 Å². The molecule has 0 aliphatic carbocycles. The van der Waals surface area contributed by atoms with E-state index < -0.39 is 33.5 Å². The molecule has 33 heavy (non-hydrogen) atoms. The first-order valence-electron chi connectivity index (χ1n) is 10.8. The lowest BCUT2D eigenvalue weighted by molar-refractivity contribution is -0.156. The molecule has 184 valence electrons. The van der Waals surface area contributed by atoms with Crippen LogP contribution in [0.15, 0.2) is 22.2 Å². The highest BCUT2D eigenvalue weighted by Crippen LogP contribution is 2.22. The maximum absolute atomic E-state index is 13.2. The van der Waals surface area contributed by atoms with E-state index in [9.17, 15) is 18.0 Å². The van der Waals surface area contributed by atoms with Gasteiger partial charge < -0.3 is 20.6 Å². The van der Waals surface area contributed by atoms with Gasteiger partial charge in [-0.05, 0) is 65.6 Å². The lowest BCUT2D eigenvalue weighted by Gasteiger charge is -2.25. The van der Waals surface area contributed by atoms with Gasteiger partial charge in [-0.25, -0.2) is 8.42 Å². The first-order valence-corrected chi connectivity index (χ1v) is 12.3. The normalized spacial score (nSPS) is 17.2. The number of esters is 1. The molecule has 0 aromatic heterocycles. The van der Waals surface area contributed by atoms with Crippen LogP contribution in [0.5, 0.6) is 0 Å². The SMILES string of the molecule is Cc1cc(C)c(S(=O)(=O)N[C@@H](CNC(=O)C2=NOC(CCN)C2)C(=O)OC(C)(C)C)c(C)c1. The molecule has 11 heteroatoms.